The summed E-state index contributed by atoms with van der Waals surface area (Å²) in [5.41, 5.74) is 5.91. The molecule has 1 aromatic rings. The van der Waals surface area contributed by atoms with Crippen molar-refractivity contribution < 1.29 is 8.42 Å². The standard InChI is InChI=1S/C9H12N2O2S2/c1-2-3-4-5-11-15(12,13)9-6-8(10)7-14-9/h1,6-7,11H,3-5,10H2. The predicted molar refractivity (Wildman–Crippen MR) is 62.0 cm³/mol. The van der Waals surface area contributed by atoms with Gasteiger partial charge in [0.15, 0.2) is 0 Å². The van der Waals surface area contributed by atoms with Crippen LogP contribution in [-0.4, -0.2) is 15.0 Å². The number of sulfonamides is 1. The zero-order chi connectivity index (χ0) is 11.3. The summed E-state index contributed by atoms with van der Waals surface area (Å²) >= 11 is 1.10. The molecule has 0 aliphatic rings. The molecule has 1 rings (SSSR count). The molecule has 0 amide bonds. The van der Waals surface area contributed by atoms with Crippen LogP contribution in [0.2, 0.25) is 0 Å². The van der Waals surface area contributed by atoms with Crippen LogP contribution >= 0.6 is 11.3 Å². The molecule has 0 saturated heterocycles. The number of nitrogens with two attached hydrogens (primary N) is 1. The number of anilines is 1. The number of thiophene rings is 1. The van der Waals surface area contributed by atoms with E-state index in [-0.39, 0.29) is 4.21 Å². The molecule has 1 heterocycles. The Morgan fingerprint density at radius 3 is 2.87 bits per heavy atom. The fraction of sp³-hybridized carbons (Fsp3) is 0.333. The van der Waals surface area contributed by atoms with Crippen molar-refractivity contribution in [3.63, 3.8) is 0 Å². The Morgan fingerprint density at radius 2 is 2.33 bits per heavy atom. The maximum Gasteiger partial charge on any atom is 0.250 e. The first-order valence-corrected chi connectivity index (χ1v) is 6.69. The summed E-state index contributed by atoms with van der Waals surface area (Å²) in [6, 6.07) is 1.44. The maximum atomic E-state index is 11.6. The minimum atomic E-state index is -3.40. The van der Waals surface area contributed by atoms with Crippen LogP contribution in [-0.2, 0) is 10.0 Å². The molecule has 0 atom stereocenters. The second-order valence-electron chi connectivity index (χ2n) is 2.90. The largest absolute Gasteiger partial charge is 0.398 e. The average Bonchev–Trinajstić information content (AvgIpc) is 2.60. The summed E-state index contributed by atoms with van der Waals surface area (Å²) in [6.07, 6.45) is 6.25. The van der Waals surface area contributed by atoms with Crippen molar-refractivity contribution in [1.82, 2.24) is 4.72 Å². The van der Waals surface area contributed by atoms with E-state index < -0.39 is 10.0 Å². The number of rotatable bonds is 5. The minimum absolute atomic E-state index is 0.237. The van der Waals surface area contributed by atoms with Crippen LogP contribution in [0.25, 0.3) is 0 Å². The Kier molecular flexibility index (Phi) is 4.15. The maximum absolute atomic E-state index is 11.6. The molecule has 6 heteroatoms. The van der Waals surface area contributed by atoms with Gasteiger partial charge in [0.05, 0.1) is 0 Å². The highest BCUT2D eigenvalue weighted by Gasteiger charge is 2.14. The van der Waals surface area contributed by atoms with Gasteiger partial charge in [0.2, 0.25) is 10.0 Å². The number of terminal acetylenes is 1. The first kappa shape index (κ1) is 12.0. The second kappa shape index (κ2) is 5.16. The quantitative estimate of drug-likeness (QED) is 0.600. The van der Waals surface area contributed by atoms with Crippen LogP contribution in [0.5, 0.6) is 0 Å². The van der Waals surface area contributed by atoms with E-state index in [4.69, 9.17) is 12.2 Å². The van der Waals surface area contributed by atoms with Gasteiger partial charge in [-0.15, -0.1) is 23.7 Å². The zero-order valence-corrected chi connectivity index (χ0v) is 9.70. The number of hydrogen-bond acceptors (Lipinski definition) is 4. The third kappa shape index (κ3) is 3.55. The molecule has 0 aliphatic carbocycles. The SMILES string of the molecule is C#CCCCNS(=O)(=O)c1cc(N)cs1. The van der Waals surface area contributed by atoms with Crippen molar-refractivity contribution in [2.24, 2.45) is 0 Å². The first-order valence-electron chi connectivity index (χ1n) is 4.33. The molecule has 82 valence electrons. The van der Waals surface area contributed by atoms with E-state index in [0.29, 0.717) is 25.1 Å². The Balaban J connectivity index is 2.57. The van der Waals surface area contributed by atoms with Gasteiger partial charge < -0.3 is 5.73 Å². The van der Waals surface area contributed by atoms with Crippen molar-refractivity contribution >= 4 is 27.0 Å². The van der Waals surface area contributed by atoms with Crippen LogP contribution in [0.15, 0.2) is 15.7 Å². The van der Waals surface area contributed by atoms with E-state index in [0.717, 1.165) is 11.3 Å². The highest BCUT2D eigenvalue weighted by atomic mass is 32.2. The first-order chi connectivity index (χ1) is 7.06. The predicted octanol–water partition coefficient (Wildman–Crippen LogP) is 1.02. The van der Waals surface area contributed by atoms with E-state index in [1.807, 2.05) is 0 Å². The van der Waals surface area contributed by atoms with Crippen LogP contribution in [0, 0.1) is 12.3 Å². The van der Waals surface area contributed by atoms with Gasteiger partial charge in [-0.1, -0.05) is 0 Å². The van der Waals surface area contributed by atoms with Crippen LogP contribution in [0.3, 0.4) is 0 Å². The van der Waals surface area contributed by atoms with E-state index in [9.17, 15) is 8.42 Å². The Hall–Kier alpha value is -1.03. The van der Waals surface area contributed by atoms with Crippen LogP contribution in [0.1, 0.15) is 12.8 Å². The lowest BCUT2D eigenvalue weighted by atomic mass is 10.3. The lowest BCUT2D eigenvalue weighted by molar-refractivity contribution is 0.582. The van der Waals surface area contributed by atoms with Gasteiger partial charge in [0, 0.05) is 24.0 Å². The van der Waals surface area contributed by atoms with Crippen molar-refractivity contribution in [3.05, 3.63) is 11.4 Å². The number of unbranched alkanes of at least 4 members (excludes halogenated alkanes) is 1. The summed E-state index contributed by atoms with van der Waals surface area (Å²) in [5, 5.41) is 1.59. The summed E-state index contributed by atoms with van der Waals surface area (Å²) in [5.74, 6) is 2.45. The molecule has 0 bridgehead atoms. The van der Waals surface area contributed by atoms with Crippen molar-refractivity contribution in [2.75, 3.05) is 12.3 Å². The van der Waals surface area contributed by atoms with Crippen LogP contribution in [0.4, 0.5) is 5.69 Å². The van der Waals surface area contributed by atoms with Crippen molar-refractivity contribution in [2.45, 2.75) is 17.1 Å². The molecular weight excluding hydrogens is 232 g/mol. The number of nitrogen functional groups attached to an aromatic ring is 1. The zero-order valence-electron chi connectivity index (χ0n) is 8.06. The van der Waals surface area contributed by atoms with Gasteiger partial charge in [0.1, 0.15) is 4.21 Å². The van der Waals surface area contributed by atoms with E-state index in [1.165, 1.54) is 6.07 Å². The molecule has 0 saturated carbocycles. The second-order valence-corrected chi connectivity index (χ2v) is 5.81. The fourth-order valence-corrected chi connectivity index (χ4v) is 3.14. The summed E-state index contributed by atoms with van der Waals surface area (Å²) in [6.45, 7) is 0.352. The molecular formula is C9H12N2O2S2. The lowest BCUT2D eigenvalue weighted by Crippen LogP contribution is -2.23. The highest BCUT2D eigenvalue weighted by molar-refractivity contribution is 7.91. The summed E-state index contributed by atoms with van der Waals surface area (Å²) in [4.78, 5) is 0. The Morgan fingerprint density at radius 1 is 1.60 bits per heavy atom. The van der Waals surface area contributed by atoms with Crippen LogP contribution < -0.4 is 10.5 Å². The molecule has 15 heavy (non-hydrogen) atoms. The monoisotopic (exact) mass is 244 g/mol. The lowest BCUT2D eigenvalue weighted by Gasteiger charge is -2.02. The number of hydrogen-bond donors (Lipinski definition) is 2. The molecule has 0 unspecified atom stereocenters. The van der Waals surface area contributed by atoms with Gasteiger partial charge >= 0.3 is 0 Å². The fourth-order valence-electron chi connectivity index (χ4n) is 0.939. The molecule has 0 aliphatic heterocycles. The summed E-state index contributed by atoms with van der Waals surface area (Å²) < 4.78 is 25.9. The van der Waals surface area contributed by atoms with E-state index >= 15 is 0 Å². The molecule has 0 radical (unpaired) electrons. The van der Waals surface area contributed by atoms with Gasteiger partial charge in [-0.3, -0.25) is 0 Å². The Bertz CT molecular complexity index is 457. The van der Waals surface area contributed by atoms with Gasteiger partial charge in [0.25, 0.3) is 0 Å². The molecule has 0 fully saturated rings. The molecule has 1 aromatic heterocycles. The smallest absolute Gasteiger partial charge is 0.250 e. The normalized spacial score (nSPS) is 11.1. The van der Waals surface area contributed by atoms with Gasteiger partial charge in [-0.25, -0.2) is 13.1 Å². The molecule has 4 nitrogen and oxygen atoms in total. The average molecular weight is 244 g/mol. The Labute approximate surface area is 93.5 Å². The minimum Gasteiger partial charge on any atom is -0.398 e. The highest BCUT2D eigenvalue weighted by Crippen LogP contribution is 2.21. The molecule has 3 N–H and O–H groups in total. The van der Waals surface area contributed by atoms with E-state index in [2.05, 4.69) is 10.6 Å². The van der Waals surface area contributed by atoms with Gasteiger partial charge in [-0.05, 0) is 12.5 Å². The third-order valence-electron chi connectivity index (χ3n) is 1.65. The number of nitrogens with one attached hydrogen (secondary N) is 1. The third-order valence-corrected chi connectivity index (χ3v) is 4.57. The van der Waals surface area contributed by atoms with Crippen molar-refractivity contribution in [3.8, 4) is 12.3 Å². The topological polar surface area (TPSA) is 72.2 Å². The molecule has 0 spiro atoms. The molecule has 0 aromatic carbocycles. The van der Waals surface area contributed by atoms with E-state index in [1.54, 1.807) is 5.38 Å². The van der Waals surface area contributed by atoms with Crippen molar-refractivity contribution in [1.29, 1.82) is 0 Å². The summed E-state index contributed by atoms with van der Waals surface area (Å²) in [7, 11) is -3.40. The van der Waals surface area contributed by atoms with Gasteiger partial charge in [-0.2, -0.15) is 0 Å².